The maximum atomic E-state index is 12.0. The summed E-state index contributed by atoms with van der Waals surface area (Å²) in [6, 6.07) is 3.12. The van der Waals surface area contributed by atoms with Crippen LogP contribution in [0.25, 0.3) is 0 Å². The molecular formula is C14H21F3N4O2. The summed E-state index contributed by atoms with van der Waals surface area (Å²) >= 11 is 0. The molecule has 2 N–H and O–H groups in total. The number of methoxy groups -OCH3 is 1. The maximum Gasteiger partial charge on any atom is 0.422 e. The Morgan fingerprint density at radius 3 is 2.65 bits per heavy atom. The summed E-state index contributed by atoms with van der Waals surface area (Å²) in [5.74, 6) is 0.522. The molecule has 1 aromatic heterocycles. The first-order chi connectivity index (χ1) is 10.8. The minimum atomic E-state index is -4.38. The van der Waals surface area contributed by atoms with E-state index in [1.807, 2.05) is 6.92 Å². The van der Waals surface area contributed by atoms with E-state index < -0.39 is 12.8 Å². The molecular weight excluding hydrogens is 313 g/mol. The summed E-state index contributed by atoms with van der Waals surface area (Å²) < 4.78 is 45.7. The van der Waals surface area contributed by atoms with Crippen LogP contribution >= 0.6 is 0 Å². The van der Waals surface area contributed by atoms with Gasteiger partial charge in [0.05, 0.1) is 6.61 Å². The number of pyridine rings is 1. The number of aromatic nitrogens is 1. The Morgan fingerprint density at radius 1 is 1.39 bits per heavy atom. The van der Waals surface area contributed by atoms with Crippen molar-refractivity contribution < 1.29 is 22.6 Å². The lowest BCUT2D eigenvalue weighted by atomic mass is 10.3. The summed E-state index contributed by atoms with van der Waals surface area (Å²) in [5, 5.41) is 6.20. The van der Waals surface area contributed by atoms with Gasteiger partial charge in [0.1, 0.15) is 0 Å². The van der Waals surface area contributed by atoms with Crippen LogP contribution in [0.2, 0.25) is 0 Å². The van der Waals surface area contributed by atoms with E-state index in [0.717, 1.165) is 5.56 Å². The van der Waals surface area contributed by atoms with Gasteiger partial charge in [-0.2, -0.15) is 13.2 Å². The van der Waals surface area contributed by atoms with Crippen LogP contribution in [-0.2, 0) is 11.3 Å². The molecule has 0 amide bonds. The van der Waals surface area contributed by atoms with E-state index in [1.165, 1.54) is 12.3 Å². The zero-order valence-electron chi connectivity index (χ0n) is 13.3. The lowest BCUT2D eigenvalue weighted by molar-refractivity contribution is -0.154. The molecule has 1 heterocycles. The van der Waals surface area contributed by atoms with E-state index in [0.29, 0.717) is 19.1 Å². The molecule has 0 aromatic carbocycles. The van der Waals surface area contributed by atoms with Crippen LogP contribution in [0.3, 0.4) is 0 Å². The van der Waals surface area contributed by atoms with Crippen molar-refractivity contribution in [1.82, 2.24) is 15.6 Å². The highest BCUT2D eigenvalue weighted by atomic mass is 19.4. The first-order valence-electron chi connectivity index (χ1n) is 6.94. The van der Waals surface area contributed by atoms with Crippen molar-refractivity contribution in [2.24, 2.45) is 4.99 Å². The van der Waals surface area contributed by atoms with Gasteiger partial charge < -0.3 is 20.1 Å². The predicted molar refractivity (Wildman–Crippen MR) is 80.5 cm³/mol. The third-order valence-electron chi connectivity index (χ3n) is 2.66. The third-order valence-corrected chi connectivity index (χ3v) is 2.66. The number of nitrogens with zero attached hydrogens (tertiary/aromatic N) is 2. The van der Waals surface area contributed by atoms with Gasteiger partial charge in [-0.3, -0.25) is 4.99 Å². The van der Waals surface area contributed by atoms with E-state index in [2.05, 4.69) is 25.3 Å². The molecule has 0 radical (unpaired) electrons. The highest BCUT2D eigenvalue weighted by Gasteiger charge is 2.28. The second-order valence-electron chi connectivity index (χ2n) is 4.84. The first kappa shape index (κ1) is 19.0. The molecule has 0 aliphatic carbocycles. The normalized spacial score (nSPS) is 13.6. The van der Waals surface area contributed by atoms with Crippen molar-refractivity contribution in [3.05, 3.63) is 23.9 Å². The van der Waals surface area contributed by atoms with E-state index >= 15 is 0 Å². The van der Waals surface area contributed by atoms with E-state index in [9.17, 15) is 13.2 Å². The highest BCUT2D eigenvalue weighted by molar-refractivity contribution is 5.79. The zero-order chi connectivity index (χ0) is 17.3. The molecule has 6 nitrogen and oxygen atoms in total. The molecule has 1 atom stereocenters. The highest BCUT2D eigenvalue weighted by Crippen LogP contribution is 2.16. The number of halogens is 3. The Kier molecular flexibility index (Phi) is 7.60. The smallest absolute Gasteiger partial charge is 0.422 e. The van der Waals surface area contributed by atoms with Crippen LogP contribution in [0.1, 0.15) is 12.5 Å². The molecule has 1 unspecified atom stereocenters. The quantitative estimate of drug-likeness (QED) is 0.587. The molecule has 1 rings (SSSR count). The molecule has 23 heavy (non-hydrogen) atoms. The number of guanidine groups is 1. The molecule has 0 saturated carbocycles. The Morgan fingerprint density at radius 2 is 2.13 bits per heavy atom. The van der Waals surface area contributed by atoms with Gasteiger partial charge in [0, 0.05) is 39.0 Å². The largest absolute Gasteiger partial charge is 0.468 e. The lowest BCUT2D eigenvalue weighted by Crippen LogP contribution is -2.43. The number of alkyl halides is 3. The standard InChI is InChI=1S/C14H21F3N4O2/c1-10(8-22-3)21-13(18-2)20-7-11-4-5-12(19-6-11)23-9-14(15,16)17/h4-6,10H,7-9H2,1-3H3,(H2,18,20,21). The molecule has 0 aliphatic heterocycles. The Balaban J connectivity index is 2.45. The fraction of sp³-hybridized carbons (Fsp3) is 0.571. The van der Waals surface area contributed by atoms with E-state index in [4.69, 9.17) is 4.74 Å². The lowest BCUT2D eigenvalue weighted by Gasteiger charge is -2.17. The van der Waals surface area contributed by atoms with Crippen LogP contribution in [0.15, 0.2) is 23.3 Å². The minimum Gasteiger partial charge on any atom is -0.468 e. The first-order valence-corrected chi connectivity index (χ1v) is 6.94. The van der Waals surface area contributed by atoms with Gasteiger partial charge in [-0.05, 0) is 12.5 Å². The summed E-state index contributed by atoms with van der Waals surface area (Å²) in [7, 11) is 3.25. The molecule has 130 valence electrons. The number of nitrogens with one attached hydrogen (secondary N) is 2. The zero-order valence-corrected chi connectivity index (χ0v) is 13.3. The molecule has 9 heteroatoms. The summed E-state index contributed by atoms with van der Waals surface area (Å²) in [6.45, 7) is 1.55. The van der Waals surface area contributed by atoms with Gasteiger partial charge >= 0.3 is 6.18 Å². The second kappa shape index (κ2) is 9.19. The van der Waals surface area contributed by atoms with Gasteiger partial charge in [0.25, 0.3) is 0 Å². The van der Waals surface area contributed by atoms with Gasteiger partial charge in [-0.25, -0.2) is 4.98 Å². The van der Waals surface area contributed by atoms with E-state index in [-0.39, 0.29) is 11.9 Å². The number of aliphatic imine (C=N–C) groups is 1. The molecule has 1 aromatic rings. The van der Waals surface area contributed by atoms with Crippen LogP contribution in [-0.4, -0.2) is 50.5 Å². The topological polar surface area (TPSA) is 67.8 Å². The third kappa shape index (κ3) is 8.24. The predicted octanol–water partition coefficient (Wildman–Crippen LogP) is 1.72. The molecule has 0 fully saturated rings. The maximum absolute atomic E-state index is 12.0. The van der Waals surface area contributed by atoms with Crippen molar-refractivity contribution in [3.8, 4) is 5.88 Å². The van der Waals surface area contributed by atoms with Crippen molar-refractivity contribution in [2.75, 3.05) is 27.4 Å². The Labute approximate surface area is 133 Å². The second-order valence-corrected chi connectivity index (χ2v) is 4.84. The van der Waals surface area contributed by atoms with Crippen LogP contribution < -0.4 is 15.4 Å². The van der Waals surface area contributed by atoms with Gasteiger partial charge in [-0.15, -0.1) is 0 Å². The van der Waals surface area contributed by atoms with Crippen molar-refractivity contribution in [2.45, 2.75) is 25.7 Å². The number of hydrogen-bond acceptors (Lipinski definition) is 4. The molecule has 0 spiro atoms. The fourth-order valence-electron chi connectivity index (χ4n) is 1.66. The Bertz CT molecular complexity index is 492. The van der Waals surface area contributed by atoms with Crippen LogP contribution in [0.5, 0.6) is 5.88 Å². The van der Waals surface area contributed by atoms with Crippen LogP contribution in [0, 0.1) is 0 Å². The Hall–Kier alpha value is -2.03. The molecule has 0 saturated heterocycles. The number of ether oxygens (including phenoxy) is 2. The van der Waals surface area contributed by atoms with E-state index in [1.54, 1.807) is 20.2 Å². The monoisotopic (exact) mass is 334 g/mol. The average Bonchev–Trinajstić information content (AvgIpc) is 2.50. The van der Waals surface area contributed by atoms with Crippen LogP contribution in [0.4, 0.5) is 13.2 Å². The average molecular weight is 334 g/mol. The molecule has 0 bridgehead atoms. The SMILES string of the molecule is CN=C(NCc1ccc(OCC(F)(F)F)nc1)NC(C)COC. The minimum absolute atomic E-state index is 0.0673. The van der Waals surface area contributed by atoms with Gasteiger partial charge in [0.2, 0.25) is 5.88 Å². The number of hydrogen-bond donors (Lipinski definition) is 2. The van der Waals surface area contributed by atoms with Crippen molar-refractivity contribution in [1.29, 1.82) is 0 Å². The summed E-state index contributed by atoms with van der Waals surface area (Å²) in [4.78, 5) is 7.90. The van der Waals surface area contributed by atoms with Gasteiger partial charge in [-0.1, -0.05) is 6.07 Å². The van der Waals surface area contributed by atoms with Crippen molar-refractivity contribution >= 4 is 5.96 Å². The fourth-order valence-corrected chi connectivity index (χ4v) is 1.66. The molecule has 0 aliphatic rings. The van der Waals surface area contributed by atoms with Gasteiger partial charge in [0.15, 0.2) is 12.6 Å². The number of rotatable bonds is 7. The van der Waals surface area contributed by atoms with Crippen molar-refractivity contribution in [3.63, 3.8) is 0 Å². The summed E-state index contributed by atoms with van der Waals surface area (Å²) in [6.07, 6.45) is -2.93. The summed E-state index contributed by atoms with van der Waals surface area (Å²) in [5.41, 5.74) is 0.784.